The molecule has 0 rings (SSSR count). The van der Waals surface area contributed by atoms with Crippen LogP contribution in [-0.2, 0) is 4.79 Å². The van der Waals surface area contributed by atoms with Gasteiger partial charge < -0.3 is 10.4 Å². The highest BCUT2D eigenvalue weighted by molar-refractivity contribution is 5.76. The first-order chi connectivity index (χ1) is 5.56. The van der Waals surface area contributed by atoms with E-state index >= 15 is 0 Å². The summed E-state index contributed by atoms with van der Waals surface area (Å²) >= 11 is 0. The number of carbonyl (C=O) groups is 1. The summed E-state index contributed by atoms with van der Waals surface area (Å²) < 4.78 is 0. The summed E-state index contributed by atoms with van der Waals surface area (Å²) in [7, 11) is 0. The molecule has 0 saturated heterocycles. The Balaban J connectivity index is 3.46. The van der Waals surface area contributed by atoms with Crippen LogP contribution in [0.1, 0.15) is 33.6 Å². The normalized spacial score (nSPS) is 15.3. The smallest absolute Gasteiger partial charge is 0.220 e. The van der Waals surface area contributed by atoms with E-state index in [1.165, 1.54) is 0 Å². The van der Waals surface area contributed by atoms with Crippen LogP contribution in [0.5, 0.6) is 0 Å². The molecule has 72 valence electrons. The molecular formula is C9H19NO2. The second-order valence-corrected chi connectivity index (χ2v) is 3.37. The number of aliphatic hydroxyl groups is 1. The molecule has 0 fully saturated rings. The van der Waals surface area contributed by atoms with Gasteiger partial charge in [-0.15, -0.1) is 0 Å². The molecule has 0 aliphatic rings. The maximum absolute atomic E-state index is 11.1. The standard InChI is InChI=1S/C9H19NO2/c1-4-7(2)5-9(12)10-6-8(3)11/h7-8,11H,4-6H2,1-3H3,(H,10,12). The number of nitrogens with one attached hydrogen (secondary N) is 1. The fourth-order valence-corrected chi connectivity index (χ4v) is 0.795. The van der Waals surface area contributed by atoms with E-state index in [9.17, 15) is 4.79 Å². The quantitative estimate of drug-likeness (QED) is 0.649. The fourth-order valence-electron chi connectivity index (χ4n) is 0.795. The molecular weight excluding hydrogens is 154 g/mol. The Morgan fingerprint density at radius 1 is 1.50 bits per heavy atom. The van der Waals surface area contributed by atoms with Crippen molar-refractivity contribution in [3.8, 4) is 0 Å². The molecule has 0 aromatic heterocycles. The summed E-state index contributed by atoms with van der Waals surface area (Å²) in [5.74, 6) is 0.462. The van der Waals surface area contributed by atoms with Gasteiger partial charge in [0.05, 0.1) is 6.10 Å². The molecule has 0 radical (unpaired) electrons. The maximum Gasteiger partial charge on any atom is 0.220 e. The Labute approximate surface area is 74.2 Å². The number of hydrogen-bond donors (Lipinski definition) is 2. The van der Waals surface area contributed by atoms with Crippen molar-refractivity contribution in [2.75, 3.05) is 6.54 Å². The Hall–Kier alpha value is -0.570. The molecule has 0 aliphatic heterocycles. The summed E-state index contributed by atoms with van der Waals surface area (Å²) in [5.41, 5.74) is 0. The third kappa shape index (κ3) is 6.16. The predicted octanol–water partition coefficient (Wildman–Crippen LogP) is 0.920. The topological polar surface area (TPSA) is 49.3 Å². The average Bonchev–Trinajstić information content (AvgIpc) is 2.00. The van der Waals surface area contributed by atoms with E-state index in [4.69, 9.17) is 5.11 Å². The number of rotatable bonds is 5. The summed E-state index contributed by atoms with van der Waals surface area (Å²) in [6.45, 7) is 6.12. The highest BCUT2D eigenvalue weighted by atomic mass is 16.3. The zero-order valence-corrected chi connectivity index (χ0v) is 8.13. The Morgan fingerprint density at radius 3 is 2.50 bits per heavy atom. The van der Waals surface area contributed by atoms with Crippen LogP contribution in [0, 0.1) is 5.92 Å². The predicted molar refractivity (Wildman–Crippen MR) is 48.8 cm³/mol. The van der Waals surface area contributed by atoms with Crippen molar-refractivity contribution in [2.45, 2.75) is 39.7 Å². The third-order valence-corrected chi connectivity index (χ3v) is 1.83. The van der Waals surface area contributed by atoms with Gasteiger partial charge in [0.2, 0.25) is 5.91 Å². The second kappa shape index (κ2) is 6.00. The lowest BCUT2D eigenvalue weighted by Gasteiger charge is -2.09. The summed E-state index contributed by atoms with van der Waals surface area (Å²) in [6, 6.07) is 0. The number of aliphatic hydroxyl groups excluding tert-OH is 1. The van der Waals surface area contributed by atoms with Crippen molar-refractivity contribution >= 4 is 5.91 Å². The first-order valence-corrected chi connectivity index (χ1v) is 4.51. The van der Waals surface area contributed by atoms with Crippen molar-refractivity contribution < 1.29 is 9.90 Å². The van der Waals surface area contributed by atoms with Gasteiger partial charge in [0, 0.05) is 13.0 Å². The van der Waals surface area contributed by atoms with Crippen LogP contribution in [0.25, 0.3) is 0 Å². The largest absolute Gasteiger partial charge is 0.392 e. The minimum atomic E-state index is -0.453. The van der Waals surface area contributed by atoms with Crippen LogP contribution in [0.15, 0.2) is 0 Å². The first kappa shape index (κ1) is 11.4. The number of hydrogen-bond acceptors (Lipinski definition) is 2. The van der Waals surface area contributed by atoms with Gasteiger partial charge in [-0.05, 0) is 12.8 Å². The van der Waals surface area contributed by atoms with Gasteiger partial charge in [0.25, 0.3) is 0 Å². The van der Waals surface area contributed by atoms with Gasteiger partial charge in [0.15, 0.2) is 0 Å². The SMILES string of the molecule is CCC(C)CC(=O)NCC(C)O. The van der Waals surface area contributed by atoms with Crippen molar-refractivity contribution in [1.82, 2.24) is 5.32 Å². The summed E-state index contributed by atoms with van der Waals surface area (Å²) in [6.07, 6.45) is 1.12. The van der Waals surface area contributed by atoms with Gasteiger partial charge in [-0.2, -0.15) is 0 Å². The maximum atomic E-state index is 11.1. The molecule has 0 aliphatic carbocycles. The molecule has 0 saturated carbocycles. The number of carbonyl (C=O) groups excluding carboxylic acids is 1. The molecule has 2 atom stereocenters. The molecule has 0 heterocycles. The van der Waals surface area contributed by atoms with E-state index in [1.807, 2.05) is 6.92 Å². The van der Waals surface area contributed by atoms with E-state index in [2.05, 4.69) is 12.2 Å². The van der Waals surface area contributed by atoms with Crippen molar-refractivity contribution in [2.24, 2.45) is 5.92 Å². The Morgan fingerprint density at radius 2 is 2.08 bits per heavy atom. The zero-order chi connectivity index (χ0) is 9.56. The molecule has 2 unspecified atom stereocenters. The molecule has 0 aromatic carbocycles. The number of amides is 1. The van der Waals surface area contributed by atoms with Gasteiger partial charge in [0.1, 0.15) is 0 Å². The molecule has 1 amide bonds. The van der Waals surface area contributed by atoms with Crippen LogP contribution in [0.4, 0.5) is 0 Å². The lowest BCUT2D eigenvalue weighted by Crippen LogP contribution is -2.31. The van der Waals surface area contributed by atoms with Gasteiger partial charge in [-0.3, -0.25) is 4.79 Å². The van der Waals surface area contributed by atoms with Crippen LogP contribution in [-0.4, -0.2) is 23.7 Å². The van der Waals surface area contributed by atoms with Crippen LogP contribution in [0.3, 0.4) is 0 Å². The second-order valence-electron chi connectivity index (χ2n) is 3.37. The molecule has 0 bridgehead atoms. The van der Waals surface area contributed by atoms with E-state index in [0.717, 1.165) is 6.42 Å². The average molecular weight is 173 g/mol. The van der Waals surface area contributed by atoms with E-state index < -0.39 is 6.10 Å². The van der Waals surface area contributed by atoms with E-state index in [1.54, 1.807) is 6.92 Å². The first-order valence-electron chi connectivity index (χ1n) is 4.51. The van der Waals surface area contributed by atoms with Gasteiger partial charge in [-0.25, -0.2) is 0 Å². The minimum absolute atomic E-state index is 0.0326. The molecule has 2 N–H and O–H groups in total. The van der Waals surface area contributed by atoms with Gasteiger partial charge >= 0.3 is 0 Å². The third-order valence-electron chi connectivity index (χ3n) is 1.83. The molecule has 12 heavy (non-hydrogen) atoms. The van der Waals surface area contributed by atoms with Crippen molar-refractivity contribution in [1.29, 1.82) is 0 Å². The fraction of sp³-hybridized carbons (Fsp3) is 0.889. The molecule has 3 nitrogen and oxygen atoms in total. The molecule has 0 aromatic rings. The zero-order valence-electron chi connectivity index (χ0n) is 8.13. The lowest BCUT2D eigenvalue weighted by atomic mass is 10.1. The van der Waals surface area contributed by atoms with Crippen molar-refractivity contribution in [3.63, 3.8) is 0 Å². The van der Waals surface area contributed by atoms with Crippen LogP contribution < -0.4 is 5.32 Å². The Kier molecular flexibility index (Phi) is 5.72. The van der Waals surface area contributed by atoms with E-state index in [0.29, 0.717) is 18.9 Å². The molecule has 0 spiro atoms. The van der Waals surface area contributed by atoms with Crippen LogP contribution >= 0.6 is 0 Å². The Bertz CT molecular complexity index is 134. The highest BCUT2D eigenvalue weighted by Gasteiger charge is 2.06. The lowest BCUT2D eigenvalue weighted by molar-refractivity contribution is -0.122. The summed E-state index contributed by atoms with van der Waals surface area (Å²) in [5, 5.41) is 11.5. The highest BCUT2D eigenvalue weighted by Crippen LogP contribution is 2.05. The van der Waals surface area contributed by atoms with E-state index in [-0.39, 0.29) is 5.91 Å². The van der Waals surface area contributed by atoms with Gasteiger partial charge in [-0.1, -0.05) is 20.3 Å². The monoisotopic (exact) mass is 173 g/mol. The molecule has 3 heteroatoms. The summed E-state index contributed by atoms with van der Waals surface area (Å²) in [4.78, 5) is 11.1. The van der Waals surface area contributed by atoms with Crippen molar-refractivity contribution in [3.05, 3.63) is 0 Å². The minimum Gasteiger partial charge on any atom is -0.392 e. The van der Waals surface area contributed by atoms with Crippen LogP contribution in [0.2, 0.25) is 0 Å².